The predicted octanol–water partition coefficient (Wildman–Crippen LogP) is 3.25. The third-order valence-corrected chi connectivity index (χ3v) is 5.04. The molecule has 2 aliphatic rings. The molecule has 1 aromatic rings. The van der Waals surface area contributed by atoms with Gasteiger partial charge in [-0.1, -0.05) is 15.9 Å². The average Bonchev–Trinajstić information content (AvgIpc) is 2.55. The summed E-state index contributed by atoms with van der Waals surface area (Å²) in [7, 11) is 0. The second kappa shape index (κ2) is 4.29. The summed E-state index contributed by atoms with van der Waals surface area (Å²) in [5.74, 6) is 0. The van der Waals surface area contributed by atoms with Crippen molar-refractivity contribution >= 4 is 21.6 Å². The molecule has 3 heteroatoms. The number of nitrogens with zero attached hydrogens (tertiary/aromatic N) is 1. The first kappa shape index (κ1) is 11.5. The standard InChI is InChI=1S/C14H18BrNO/c1-9-6-10(4-5-14(9)15)16-11-2-3-12(16)8-13(17)7-11/h4-6,11-13,17H,2-3,7-8H2,1H3. The van der Waals surface area contributed by atoms with Crippen LogP contribution in [0.1, 0.15) is 31.2 Å². The largest absolute Gasteiger partial charge is 0.393 e. The SMILES string of the molecule is Cc1cc(N2C3CCC2CC(O)C3)ccc1Br. The van der Waals surface area contributed by atoms with E-state index in [4.69, 9.17) is 0 Å². The molecule has 1 aromatic carbocycles. The lowest BCUT2D eigenvalue weighted by Gasteiger charge is -2.39. The average molecular weight is 296 g/mol. The number of halogens is 1. The highest BCUT2D eigenvalue weighted by Gasteiger charge is 2.40. The maximum Gasteiger partial charge on any atom is 0.0579 e. The third-order valence-electron chi connectivity index (χ3n) is 4.15. The lowest BCUT2D eigenvalue weighted by atomic mass is 9.99. The first-order chi connectivity index (χ1) is 8.15. The number of fused-ring (bicyclic) bond motifs is 2. The highest BCUT2D eigenvalue weighted by molar-refractivity contribution is 9.10. The Morgan fingerprint density at radius 2 is 1.88 bits per heavy atom. The molecular weight excluding hydrogens is 278 g/mol. The molecule has 3 rings (SSSR count). The molecule has 0 saturated carbocycles. The number of piperidine rings is 1. The Bertz CT molecular complexity index is 420. The summed E-state index contributed by atoms with van der Waals surface area (Å²) in [4.78, 5) is 2.53. The van der Waals surface area contributed by atoms with Gasteiger partial charge in [-0.25, -0.2) is 0 Å². The quantitative estimate of drug-likeness (QED) is 0.860. The smallest absolute Gasteiger partial charge is 0.0579 e. The van der Waals surface area contributed by atoms with Gasteiger partial charge in [0.2, 0.25) is 0 Å². The Kier molecular flexibility index (Phi) is 2.91. The Labute approximate surface area is 111 Å². The minimum atomic E-state index is -0.0831. The van der Waals surface area contributed by atoms with Crippen LogP contribution in [0.2, 0.25) is 0 Å². The number of rotatable bonds is 1. The molecule has 0 amide bonds. The highest BCUT2D eigenvalue weighted by Crippen LogP contribution is 2.40. The van der Waals surface area contributed by atoms with Crippen LogP contribution < -0.4 is 4.90 Å². The van der Waals surface area contributed by atoms with E-state index < -0.39 is 0 Å². The number of hydrogen-bond donors (Lipinski definition) is 1. The van der Waals surface area contributed by atoms with Gasteiger partial charge < -0.3 is 10.0 Å². The van der Waals surface area contributed by atoms with Gasteiger partial charge >= 0.3 is 0 Å². The Balaban J connectivity index is 1.92. The molecule has 2 nitrogen and oxygen atoms in total. The van der Waals surface area contributed by atoms with E-state index in [2.05, 4.69) is 46.0 Å². The van der Waals surface area contributed by atoms with E-state index in [1.807, 2.05) is 0 Å². The van der Waals surface area contributed by atoms with Crippen molar-refractivity contribution in [3.05, 3.63) is 28.2 Å². The summed E-state index contributed by atoms with van der Waals surface area (Å²) in [6, 6.07) is 7.68. The lowest BCUT2D eigenvalue weighted by molar-refractivity contribution is 0.126. The van der Waals surface area contributed by atoms with Crippen molar-refractivity contribution in [1.82, 2.24) is 0 Å². The molecule has 0 spiro atoms. The minimum absolute atomic E-state index is 0.0831. The van der Waals surface area contributed by atoms with Crippen molar-refractivity contribution in [3.63, 3.8) is 0 Å². The van der Waals surface area contributed by atoms with Crippen LogP contribution in [0, 0.1) is 6.92 Å². The first-order valence-corrected chi connectivity index (χ1v) is 7.17. The van der Waals surface area contributed by atoms with Gasteiger partial charge in [-0.3, -0.25) is 0 Å². The highest BCUT2D eigenvalue weighted by atomic mass is 79.9. The Morgan fingerprint density at radius 3 is 2.47 bits per heavy atom. The molecule has 0 aliphatic carbocycles. The maximum atomic E-state index is 9.82. The molecule has 1 N–H and O–H groups in total. The number of aliphatic hydroxyl groups excluding tert-OH is 1. The Morgan fingerprint density at radius 1 is 1.24 bits per heavy atom. The second-order valence-electron chi connectivity index (χ2n) is 5.35. The number of aryl methyl sites for hydroxylation is 1. The van der Waals surface area contributed by atoms with Crippen molar-refractivity contribution in [2.24, 2.45) is 0 Å². The fourth-order valence-electron chi connectivity index (χ4n) is 3.36. The van der Waals surface area contributed by atoms with Gasteiger partial charge in [-0.2, -0.15) is 0 Å². The van der Waals surface area contributed by atoms with Gasteiger partial charge in [0.15, 0.2) is 0 Å². The van der Waals surface area contributed by atoms with Crippen LogP contribution in [-0.2, 0) is 0 Å². The number of hydrogen-bond acceptors (Lipinski definition) is 2. The van der Waals surface area contributed by atoms with Crippen LogP contribution in [0.4, 0.5) is 5.69 Å². The molecule has 17 heavy (non-hydrogen) atoms. The van der Waals surface area contributed by atoms with E-state index in [0.29, 0.717) is 12.1 Å². The molecule has 0 radical (unpaired) electrons. The summed E-state index contributed by atoms with van der Waals surface area (Å²) in [6.45, 7) is 2.13. The molecule has 2 saturated heterocycles. The normalized spacial score (nSPS) is 31.9. The van der Waals surface area contributed by atoms with Gasteiger partial charge in [0.25, 0.3) is 0 Å². The van der Waals surface area contributed by atoms with Crippen molar-refractivity contribution in [2.75, 3.05) is 4.90 Å². The monoisotopic (exact) mass is 295 g/mol. The van der Waals surface area contributed by atoms with Gasteiger partial charge in [0.1, 0.15) is 0 Å². The van der Waals surface area contributed by atoms with Crippen molar-refractivity contribution in [1.29, 1.82) is 0 Å². The zero-order valence-electron chi connectivity index (χ0n) is 10.1. The van der Waals surface area contributed by atoms with E-state index in [0.717, 1.165) is 12.8 Å². The van der Waals surface area contributed by atoms with E-state index >= 15 is 0 Å². The zero-order valence-corrected chi connectivity index (χ0v) is 11.7. The van der Waals surface area contributed by atoms with Crippen molar-refractivity contribution in [2.45, 2.75) is 50.8 Å². The summed E-state index contributed by atoms with van der Waals surface area (Å²) >= 11 is 3.55. The van der Waals surface area contributed by atoms with E-state index in [9.17, 15) is 5.11 Å². The summed E-state index contributed by atoms with van der Waals surface area (Å²) in [5, 5.41) is 9.82. The minimum Gasteiger partial charge on any atom is -0.393 e. The molecule has 92 valence electrons. The van der Waals surface area contributed by atoms with Gasteiger partial charge in [0, 0.05) is 22.2 Å². The molecule has 2 atom stereocenters. The number of benzene rings is 1. The van der Waals surface area contributed by atoms with Crippen molar-refractivity contribution < 1.29 is 5.11 Å². The van der Waals surface area contributed by atoms with Gasteiger partial charge in [-0.05, 0) is 56.4 Å². The van der Waals surface area contributed by atoms with Crippen LogP contribution in [0.25, 0.3) is 0 Å². The molecule has 0 aromatic heterocycles. The lowest BCUT2D eigenvalue weighted by Crippen LogP contribution is -2.44. The van der Waals surface area contributed by atoms with Crippen LogP contribution in [0.5, 0.6) is 0 Å². The summed E-state index contributed by atoms with van der Waals surface area (Å²) < 4.78 is 1.17. The van der Waals surface area contributed by atoms with Crippen LogP contribution >= 0.6 is 15.9 Å². The Hall–Kier alpha value is -0.540. The van der Waals surface area contributed by atoms with E-state index in [-0.39, 0.29) is 6.10 Å². The first-order valence-electron chi connectivity index (χ1n) is 6.37. The number of anilines is 1. The van der Waals surface area contributed by atoms with E-state index in [1.54, 1.807) is 0 Å². The second-order valence-corrected chi connectivity index (χ2v) is 6.21. The molecule has 2 bridgehead atoms. The van der Waals surface area contributed by atoms with Crippen LogP contribution in [0.15, 0.2) is 22.7 Å². The van der Waals surface area contributed by atoms with Gasteiger partial charge in [-0.15, -0.1) is 0 Å². The van der Waals surface area contributed by atoms with E-state index in [1.165, 1.54) is 28.6 Å². The molecule has 2 unspecified atom stereocenters. The summed E-state index contributed by atoms with van der Waals surface area (Å²) in [5.41, 5.74) is 2.61. The molecule has 2 heterocycles. The molecule has 2 fully saturated rings. The fraction of sp³-hybridized carbons (Fsp3) is 0.571. The fourth-order valence-corrected chi connectivity index (χ4v) is 3.61. The molecular formula is C14H18BrNO. The van der Waals surface area contributed by atoms with Crippen LogP contribution in [0.3, 0.4) is 0 Å². The van der Waals surface area contributed by atoms with Gasteiger partial charge in [0.05, 0.1) is 6.10 Å². The number of aliphatic hydroxyl groups is 1. The predicted molar refractivity (Wildman–Crippen MR) is 73.4 cm³/mol. The van der Waals surface area contributed by atoms with Crippen molar-refractivity contribution in [3.8, 4) is 0 Å². The van der Waals surface area contributed by atoms with Crippen LogP contribution in [-0.4, -0.2) is 23.3 Å². The topological polar surface area (TPSA) is 23.5 Å². The molecule has 2 aliphatic heterocycles. The third kappa shape index (κ3) is 2.00. The zero-order chi connectivity index (χ0) is 12.0. The summed E-state index contributed by atoms with van der Waals surface area (Å²) in [6.07, 6.45) is 4.26. The maximum absolute atomic E-state index is 9.82.